The van der Waals surface area contributed by atoms with E-state index in [4.69, 9.17) is 24.5 Å². The minimum absolute atomic E-state index is 0.116. The number of ether oxygens (including phenoxy) is 2. The first kappa shape index (κ1) is 12.9. The SMILES string of the molecule is CC(=O)O.O=C(O)C[C@H]1CO[C@H]2OCC[C@@H]12. The third-order valence-corrected chi connectivity index (χ3v) is 2.60. The number of carboxylic acid groups (broad SMARTS) is 2. The largest absolute Gasteiger partial charge is 0.481 e. The maximum absolute atomic E-state index is 10.4. The van der Waals surface area contributed by atoms with Crippen LogP contribution in [0.3, 0.4) is 0 Å². The molecule has 0 unspecified atom stereocenters. The molecule has 0 amide bonds. The molecule has 2 aliphatic heterocycles. The van der Waals surface area contributed by atoms with Gasteiger partial charge in [0.25, 0.3) is 5.97 Å². The molecule has 2 fully saturated rings. The van der Waals surface area contributed by atoms with Gasteiger partial charge in [-0.3, -0.25) is 9.59 Å². The highest BCUT2D eigenvalue weighted by Gasteiger charge is 2.42. The Bertz CT molecular complexity index is 260. The Morgan fingerprint density at radius 2 is 1.94 bits per heavy atom. The fourth-order valence-corrected chi connectivity index (χ4v) is 1.99. The number of hydrogen-bond donors (Lipinski definition) is 2. The number of aliphatic carboxylic acids is 2. The predicted octanol–water partition coefficient (Wildman–Crippen LogP) is 0.561. The third-order valence-electron chi connectivity index (χ3n) is 2.60. The van der Waals surface area contributed by atoms with Gasteiger partial charge in [-0.15, -0.1) is 0 Å². The van der Waals surface area contributed by atoms with Crippen molar-refractivity contribution in [3.05, 3.63) is 0 Å². The van der Waals surface area contributed by atoms with Gasteiger partial charge in [0.05, 0.1) is 19.6 Å². The van der Waals surface area contributed by atoms with Crippen LogP contribution >= 0.6 is 0 Å². The van der Waals surface area contributed by atoms with E-state index in [0.717, 1.165) is 13.3 Å². The summed E-state index contributed by atoms with van der Waals surface area (Å²) in [5.41, 5.74) is 0. The van der Waals surface area contributed by atoms with Crippen molar-refractivity contribution in [2.75, 3.05) is 13.2 Å². The topological polar surface area (TPSA) is 93.1 Å². The maximum atomic E-state index is 10.4. The summed E-state index contributed by atoms with van der Waals surface area (Å²) in [5.74, 6) is -1.09. The Morgan fingerprint density at radius 3 is 2.50 bits per heavy atom. The number of carbonyl (C=O) groups is 2. The summed E-state index contributed by atoms with van der Waals surface area (Å²) >= 11 is 0. The van der Waals surface area contributed by atoms with Gasteiger partial charge in [-0.25, -0.2) is 0 Å². The van der Waals surface area contributed by atoms with Crippen molar-refractivity contribution >= 4 is 11.9 Å². The number of carboxylic acids is 2. The van der Waals surface area contributed by atoms with Crippen LogP contribution in [0.25, 0.3) is 0 Å². The zero-order chi connectivity index (χ0) is 12.1. The van der Waals surface area contributed by atoms with E-state index < -0.39 is 11.9 Å². The highest BCUT2D eigenvalue weighted by atomic mass is 16.7. The number of hydrogen-bond acceptors (Lipinski definition) is 4. The highest BCUT2D eigenvalue weighted by Crippen LogP contribution is 2.36. The fraction of sp³-hybridized carbons (Fsp3) is 0.800. The van der Waals surface area contributed by atoms with E-state index in [9.17, 15) is 4.79 Å². The van der Waals surface area contributed by atoms with Crippen molar-refractivity contribution < 1.29 is 29.3 Å². The van der Waals surface area contributed by atoms with E-state index in [-0.39, 0.29) is 18.6 Å². The molecule has 6 heteroatoms. The lowest BCUT2D eigenvalue weighted by Crippen LogP contribution is -2.17. The van der Waals surface area contributed by atoms with Gasteiger partial charge in [0.1, 0.15) is 0 Å². The van der Waals surface area contributed by atoms with Crippen molar-refractivity contribution in [1.82, 2.24) is 0 Å². The minimum atomic E-state index is -0.833. The van der Waals surface area contributed by atoms with Crippen molar-refractivity contribution in [3.63, 3.8) is 0 Å². The molecule has 6 nitrogen and oxygen atoms in total. The average Bonchev–Trinajstić information content (AvgIpc) is 2.67. The Morgan fingerprint density at radius 1 is 1.31 bits per heavy atom. The van der Waals surface area contributed by atoms with E-state index >= 15 is 0 Å². The Kier molecular flexibility index (Phi) is 4.70. The highest BCUT2D eigenvalue weighted by molar-refractivity contribution is 5.67. The molecule has 92 valence electrons. The van der Waals surface area contributed by atoms with Crippen molar-refractivity contribution in [3.8, 4) is 0 Å². The van der Waals surface area contributed by atoms with Gasteiger partial charge < -0.3 is 19.7 Å². The summed E-state index contributed by atoms with van der Waals surface area (Å²) < 4.78 is 10.6. The molecule has 2 rings (SSSR count). The summed E-state index contributed by atoms with van der Waals surface area (Å²) in [5, 5.41) is 16.0. The molecule has 0 aliphatic carbocycles. The first-order chi connectivity index (χ1) is 7.50. The Hall–Kier alpha value is -1.14. The minimum Gasteiger partial charge on any atom is -0.481 e. The zero-order valence-corrected chi connectivity index (χ0v) is 9.09. The van der Waals surface area contributed by atoms with Crippen molar-refractivity contribution in [1.29, 1.82) is 0 Å². The average molecular weight is 232 g/mol. The molecule has 0 aromatic carbocycles. The van der Waals surface area contributed by atoms with Gasteiger partial charge in [0, 0.05) is 18.8 Å². The monoisotopic (exact) mass is 232 g/mol. The summed E-state index contributed by atoms with van der Waals surface area (Å²) in [6.07, 6.45) is 1.04. The van der Waals surface area contributed by atoms with Crippen LogP contribution in [0.4, 0.5) is 0 Å². The van der Waals surface area contributed by atoms with Crippen molar-refractivity contribution in [2.45, 2.75) is 26.1 Å². The van der Waals surface area contributed by atoms with Crippen LogP contribution in [0.2, 0.25) is 0 Å². The van der Waals surface area contributed by atoms with Gasteiger partial charge in [-0.05, 0) is 6.42 Å². The van der Waals surface area contributed by atoms with Crippen LogP contribution < -0.4 is 0 Å². The van der Waals surface area contributed by atoms with Crippen molar-refractivity contribution in [2.24, 2.45) is 11.8 Å². The second kappa shape index (κ2) is 5.81. The summed E-state index contributed by atoms with van der Waals surface area (Å²) in [6, 6.07) is 0. The van der Waals surface area contributed by atoms with Gasteiger partial charge in [-0.1, -0.05) is 0 Å². The zero-order valence-electron chi connectivity index (χ0n) is 9.09. The predicted molar refractivity (Wildman–Crippen MR) is 52.9 cm³/mol. The second-order valence-corrected chi connectivity index (χ2v) is 3.90. The Balaban J connectivity index is 0.000000280. The molecule has 2 saturated heterocycles. The molecule has 0 aromatic rings. The molecule has 3 atom stereocenters. The lowest BCUT2D eigenvalue weighted by Gasteiger charge is -2.11. The summed E-state index contributed by atoms with van der Waals surface area (Å²) in [7, 11) is 0. The second-order valence-electron chi connectivity index (χ2n) is 3.90. The molecule has 0 spiro atoms. The van der Waals surface area contributed by atoms with Crippen LogP contribution in [0.15, 0.2) is 0 Å². The van der Waals surface area contributed by atoms with Gasteiger partial charge in [0.15, 0.2) is 6.29 Å². The van der Waals surface area contributed by atoms with E-state index in [2.05, 4.69) is 0 Å². The van der Waals surface area contributed by atoms with Crippen LogP contribution in [0, 0.1) is 11.8 Å². The van der Waals surface area contributed by atoms with Gasteiger partial charge >= 0.3 is 5.97 Å². The maximum Gasteiger partial charge on any atom is 0.303 e. The molecule has 0 bridgehead atoms. The smallest absolute Gasteiger partial charge is 0.303 e. The van der Waals surface area contributed by atoms with E-state index in [0.29, 0.717) is 19.1 Å². The third kappa shape index (κ3) is 3.79. The first-order valence-electron chi connectivity index (χ1n) is 5.15. The quantitative estimate of drug-likeness (QED) is 0.722. The summed E-state index contributed by atoms with van der Waals surface area (Å²) in [6.45, 7) is 2.34. The Labute approximate surface area is 93.2 Å². The molecule has 0 radical (unpaired) electrons. The molecule has 0 saturated carbocycles. The lowest BCUT2D eigenvalue weighted by molar-refractivity contribution is -0.138. The van der Waals surface area contributed by atoms with Crippen LogP contribution in [0.5, 0.6) is 0 Å². The lowest BCUT2D eigenvalue weighted by atomic mass is 9.91. The standard InChI is InChI=1S/C8H12O4.C2H4O2/c9-7(10)3-5-4-12-8-6(5)1-2-11-8;1-2(3)4/h5-6,8H,1-4H2,(H,9,10);1H3,(H,3,4)/t5-,6-,8+;/m0./s1. The fourth-order valence-electron chi connectivity index (χ4n) is 1.99. The van der Waals surface area contributed by atoms with Crippen LogP contribution in [0.1, 0.15) is 19.8 Å². The normalized spacial score (nSPS) is 31.4. The summed E-state index contributed by atoms with van der Waals surface area (Å²) in [4.78, 5) is 19.4. The van der Waals surface area contributed by atoms with Gasteiger partial charge in [0.2, 0.25) is 0 Å². The van der Waals surface area contributed by atoms with Crippen LogP contribution in [-0.4, -0.2) is 41.7 Å². The first-order valence-corrected chi connectivity index (χ1v) is 5.15. The molecule has 0 aromatic heterocycles. The van der Waals surface area contributed by atoms with Gasteiger partial charge in [-0.2, -0.15) is 0 Å². The molecule has 16 heavy (non-hydrogen) atoms. The number of fused-ring (bicyclic) bond motifs is 1. The van der Waals surface area contributed by atoms with E-state index in [1.54, 1.807) is 0 Å². The van der Waals surface area contributed by atoms with E-state index in [1.165, 1.54) is 0 Å². The van der Waals surface area contributed by atoms with E-state index in [1.807, 2.05) is 0 Å². The number of rotatable bonds is 2. The molecule has 2 N–H and O–H groups in total. The molecule has 2 aliphatic rings. The molecular formula is C10H16O6. The van der Waals surface area contributed by atoms with Crippen LogP contribution in [-0.2, 0) is 19.1 Å². The molecule has 2 heterocycles. The molecular weight excluding hydrogens is 216 g/mol.